The molecule has 0 saturated carbocycles. The summed E-state index contributed by atoms with van der Waals surface area (Å²) in [7, 11) is 0. The number of piperazine rings is 1. The number of benzene rings is 1. The maximum Gasteiger partial charge on any atom is 0.410 e. The van der Waals surface area contributed by atoms with Crippen LogP contribution in [-0.2, 0) is 11.3 Å². The van der Waals surface area contributed by atoms with Crippen LogP contribution in [0.2, 0.25) is 15.1 Å². The summed E-state index contributed by atoms with van der Waals surface area (Å²) in [6, 6.07) is 3.17. The first-order valence-corrected chi connectivity index (χ1v) is 9.21. The largest absolute Gasteiger partial charge is 0.444 e. The van der Waals surface area contributed by atoms with Gasteiger partial charge in [0.05, 0.1) is 10.0 Å². The Balaban J connectivity index is 1.78. The van der Waals surface area contributed by atoms with Gasteiger partial charge in [0, 0.05) is 36.8 Å². The van der Waals surface area contributed by atoms with Crippen LogP contribution in [0.25, 0.3) is 0 Å². The normalized spacial score (nSPS) is 15.6. The minimum Gasteiger partial charge on any atom is -0.444 e. The van der Waals surface area contributed by atoms with Crippen LogP contribution < -0.4 is 0 Å². The van der Waals surface area contributed by atoms with Gasteiger partial charge in [-0.3, -0.25) is 4.90 Å². The van der Waals surface area contributed by atoms with Gasteiger partial charge in [0.15, 0.2) is 0 Å². The lowest BCUT2D eigenvalue weighted by Crippen LogP contribution is -2.48. The standard InChI is InChI=1S/C17H22Cl3N2O2/c1-2-3-4-5-21-6-8-22(9-7-21)17(23)24-12-14-15(19)10-13(18)11-16(14)20/h10-11H,1-9,12H2. The monoisotopic (exact) mass is 391 g/mol. The topological polar surface area (TPSA) is 32.8 Å². The molecule has 0 bridgehead atoms. The van der Waals surface area contributed by atoms with E-state index in [9.17, 15) is 4.79 Å². The van der Waals surface area contributed by atoms with Crippen molar-refractivity contribution >= 4 is 40.9 Å². The molecule has 0 N–H and O–H groups in total. The molecule has 0 aromatic heterocycles. The van der Waals surface area contributed by atoms with Crippen molar-refractivity contribution in [3.05, 3.63) is 39.7 Å². The number of nitrogens with zero attached hydrogens (tertiary/aromatic N) is 2. The van der Waals surface area contributed by atoms with Crippen LogP contribution in [0.5, 0.6) is 0 Å². The minimum absolute atomic E-state index is 0.0391. The van der Waals surface area contributed by atoms with Crippen molar-refractivity contribution in [2.45, 2.75) is 25.9 Å². The number of rotatable bonds is 6. The second-order valence-corrected chi connectivity index (χ2v) is 7.04. The highest BCUT2D eigenvalue weighted by molar-refractivity contribution is 6.39. The molecule has 1 aliphatic rings. The molecule has 1 aliphatic heterocycles. The molecule has 2 rings (SSSR count). The van der Waals surface area contributed by atoms with E-state index in [4.69, 9.17) is 39.5 Å². The summed E-state index contributed by atoms with van der Waals surface area (Å²) < 4.78 is 5.35. The van der Waals surface area contributed by atoms with Gasteiger partial charge in [0.25, 0.3) is 0 Å². The first kappa shape index (κ1) is 19.6. The van der Waals surface area contributed by atoms with Crippen LogP contribution in [0.3, 0.4) is 0 Å². The summed E-state index contributed by atoms with van der Waals surface area (Å²) >= 11 is 18.1. The van der Waals surface area contributed by atoms with E-state index in [0.29, 0.717) is 33.7 Å². The first-order valence-electron chi connectivity index (χ1n) is 8.08. The number of carbonyl (C=O) groups is 1. The van der Waals surface area contributed by atoms with E-state index >= 15 is 0 Å². The van der Waals surface area contributed by atoms with Crippen LogP contribution in [0.15, 0.2) is 12.1 Å². The molecule has 1 aromatic rings. The van der Waals surface area contributed by atoms with Gasteiger partial charge in [-0.1, -0.05) is 54.6 Å². The molecule has 0 atom stereocenters. The van der Waals surface area contributed by atoms with Crippen molar-refractivity contribution in [1.29, 1.82) is 0 Å². The third-order valence-corrected chi connectivity index (χ3v) is 4.94. The molecule has 1 heterocycles. The fourth-order valence-corrected chi connectivity index (χ4v) is 3.53. The highest BCUT2D eigenvalue weighted by Crippen LogP contribution is 2.29. The minimum atomic E-state index is -0.338. The van der Waals surface area contributed by atoms with E-state index in [-0.39, 0.29) is 12.7 Å². The van der Waals surface area contributed by atoms with Crippen molar-refractivity contribution in [2.24, 2.45) is 0 Å². The Hall–Kier alpha value is -0.680. The van der Waals surface area contributed by atoms with Crippen molar-refractivity contribution in [1.82, 2.24) is 9.80 Å². The number of unbranched alkanes of at least 4 members (excludes halogenated alkanes) is 2. The van der Waals surface area contributed by atoms with Gasteiger partial charge in [-0.25, -0.2) is 4.79 Å². The molecule has 0 aliphatic carbocycles. The number of ether oxygens (including phenoxy) is 1. The predicted octanol–water partition coefficient (Wildman–Crippen LogP) is 4.91. The summed E-state index contributed by atoms with van der Waals surface area (Å²) in [5, 5.41) is 1.25. The Bertz CT molecular complexity index is 538. The zero-order chi connectivity index (χ0) is 17.5. The van der Waals surface area contributed by atoms with E-state index < -0.39 is 0 Å². The van der Waals surface area contributed by atoms with Crippen molar-refractivity contribution in [2.75, 3.05) is 32.7 Å². The Labute approximate surface area is 158 Å². The molecule has 133 valence electrons. The van der Waals surface area contributed by atoms with E-state index in [2.05, 4.69) is 11.8 Å². The van der Waals surface area contributed by atoms with Crippen molar-refractivity contribution in [3.8, 4) is 0 Å². The van der Waals surface area contributed by atoms with Crippen molar-refractivity contribution in [3.63, 3.8) is 0 Å². The Morgan fingerprint density at radius 2 is 1.71 bits per heavy atom. The summed E-state index contributed by atoms with van der Waals surface area (Å²) in [6.07, 6.45) is 2.93. The predicted molar refractivity (Wildman–Crippen MR) is 98.9 cm³/mol. The van der Waals surface area contributed by atoms with E-state index in [0.717, 1.165) is 38.9 Å². The molecule has 1 amide bonds. The van der Waals surface area contributed by atoms with Gasteiger partial charge in [-0.05, 0) is 25.1 Å². The summed E-state index contributed by atoms with van der Waals surface area (Å²) in [5.74, 6) is 0. The smallest absolute Gasteiger partial charge is 0.410 e. The van der Waals surface area contributed by atoms with E-state index in [1.54, 1.807) is 17.0 Å². The third kappa shape index (κ3) is 5.69. The van der Waals surface area contributed by atoms with Gasteiger partial charge in [0.1, 0.15) is 6.61 Å². The molecule has 0 unspecified atom stereocenters. The lowest BCUT2D eigenvalue weighted by Gasteiger charge is -2.34. The molecule has 4 nitrogen and oxygen atoms in total. The summed E-state index contributed by atoms with van der Waals surface area (Å²) in [4.78, 5) is 16.3. The van der Waals surface area contributed by atoms with E-state index in [1.165, 1.54) is 0 Å². The fraction of sp³-hybridized carbons (Fsp3) is 0.529. The molecule has 1 radical (unpaired) electrons. The van der Waals surface area contributed by atoms with Crippen LogP contribution >= 0.6 is 34.8 Å². The van der Waals surface area contributed by atoms with Gasteiger partial charge < -0.3 is 9.64 Å². The highest BCUT2D eigenvalue weighted by atomic mass is 35.5. The Morgan fingerprint density at radius 3 is 2.29 bits per heavy atom. The molecular formula is C17H22Cl3N2O2. The van der Waals surface area contributed by atoms with Crippen molar-refractivity contribution < 1.29 is 9.53 Å². The highest BCUT2D eigenvalue weighted by Gasteiger charge is 2.22. The molecule has 0 spiro atoms. The second kappa shape index (κ2) is 9.71. The number of hydrogen-bond acceptors (Lipinski definition) is 3. The number of hydrogen-bond donors (Lipinski definition) is 0. The van der Waals surface area contributed by atoms with Crippen LogP contribution in [0, 0.1) is 6.92 Å². The number of amides is 1. The van der Waals surface area contributed by atoms with E-state index in [1.807, 2.05) is 0 Å². The summed E-state index contributed by atoms with van der Waals surface area (Å²) in [5.41, 5.74) is 0.572. The lowest BCUT2D eigenvalue weighted by atomic mass is 10.2. The SMILES string of the molecule is [CH2]CCCCN1CCN(C(=O)OCc2c(Cl)cc(Cl)cc2Cl)CC1. The van der Waals surface area contributed by atoms with Gasteiger partial charge in [-0.2, -0.15) is 0 Å². The maximum atomic E-state index is 12.2. The second-order valence-electron chi connectivity index (χ2n) is 5.79. The molecule has 1 saturated heterocycles. The zero-order valence-corrected chi connectivity index (χ0v) is 15.8. The average molecular weight is 393 g/mol. The molecule has 1 aromatic carbocycles. The van der Waals surface area contributed by atoms with Crippen LogP contribution in [-0.4, -0.2) is 48.6 Å². The third-order valence-electron chi connectivity index (χ3n) is 4.05. The van der Waals surface area contributed by atoms with Gasteiger partial charge in [0.2, 0.25) is 0 Å². The van der Waals surface area contributed by atoms with Gasteiger partial charge >= 0.3 is 6.09 Å². The maximum absolute atomic E-state index is 12.2. The zero-order valence-electron chi connectivity index (χ0n) is 13.6. The quantitative estimate of drug-likeness (QED) is 0.645. The fourth-order valence-electron chi connectivity index (χ4n) is 2.60. The summed E-state index contributed by atoms with van der Waals surface area (Å²) in [6.45, 7) is 8.04. The lowest BCUT2D eigenvalue weighted by molar-refractivity contribution is 0.0714. The van der Waals surface area contributed by atoms with Gasteiger partial charge in [-0.15, -0.1) is 0 Å². The van der Waals surface area contributed by atoms with Crippen LogP contribution in [0.1, 0.15) is 24.8 Å². The average Bonchev–Trinajstić information content (AvgIpc) is 2.54. The number of halogens is 3. The molecular weight excluding hydrogens is 371 g/mol. The molecule has 24 heavy (non-hydrogen) atoms. The molecule has 7 heteroatoms. The van der Waals surface area contributed by atoms with Crippen LogP contribution in [0.4, 0.5) is 4.79 Å². The molecule has 1 fully saturated rings. The Kier molecular flexibility index (Phi) is 7.95. The Morgan fingerprint density at radius 1 is 1.08 bits per heavy atom. The first-order chi connectivity index (χ1) is 11.5. The number of carbonyl (C=O) groups excluding carboxylic acids is 1.